The summed E-state index contributed by atoms with van der Waals surface area (Å²) in [7, 11) is 0. The molecule has 1 aromatic carbocycles. The van der Waals surface area contributed by atoms with Gasteiger partial charge in [-0.2, -0.15) is 9.61 Å². The minimum absolute atomic E-state index is 0.115. The average Bonchev–Trinajstić information content (AvgIpc) is 3.06. The van der Waals surface area contributed by atoms with E-state index in [1.54, 1.807) is 10.6 Å². The summed E-state index contributed by atoms with van der Waals surface area (Å²) < 4.78 is 15.4. The van der Waals surface area contributed by atoms with Crippen molar-refractivity contribution >= 4 is 23.0 Å². The van der Waals surface area contributed by atoms with Crippen LogP contribution in [0.25, 0.3) is 5.65 Å². The third-order valence-electron chi connectivity index (χ3n) is 5.92. The number of aliphatic hydroxyl groups excluding tert-OH is 1. The van der Waals surface area contributed by atoms with Crippen LogP contribution in [0.2, 0.25) is 0 Å². The van der Waals surface area contributed by atoms with Gasteiger partial charge >= 0.3 is 0 Å². The van der Waals surface area contributed by atoms with Crippen LogP contribution in [0.15, 0.2) is 36.5 Å². The molecule has 29 heavy (non-hydrogen) atoms. The predicted molar refractivity (Wildman–Crippen MR) is 110 cm³/mol. The number of nitrogens with one attached hydrogen (secondary N) is 3. The Morgan fingerprint density at radius 3 is 2.86 bits per heavy atom. The monoisotopic (exact) mass is 396 g/mol. The van der Waals surface area contributed by atoms with Gasteiger partial charge in [0, 0.05) is 23.9 Å². The van der Waals surface area contributed by atoms with Gasteiger partial charge in [0.1, 0.15) is 17.5 Å². The Balaban J connectivity index is 1.53. The smallest absolute Gasteiger partial charge is 0.163 e. The first-order chi connectivity index (χ1) is 14.2. The van der Waals surface area contributed by atoms with Crippen LogP contribution in [0.5, 0.6) is 0 Å². The number of rotatable bonds is 5. The molecule has 1 saturated carbocycles. The third kappa shape index (κ3) is 3.65. The van der Waals surface area contributed by atoms with Crippen molar-refractivity contribution in [3.8, 4) is 0 Å². The first-order valence-electron chi connectivity index (χ1n) is 10.2. The van der Waals surface area contributed by atoms with Gasteiger partial charge < -0.3 is 21.1 Å². The normalized spacial score (nSPS) is 22.4. The highest BCUT2D eigenvalue weighted by molar-refractivity contribution is 5.66. The van der Waals surface area contributed by atoms with E-state index in [4.69, 9.17) is 4.98 Å². The number of halogens is 1. The number of benzene rings is 1. The van der Waals surface area contributed by atoms with Gasteiger partial charge in [0.05, 0.1) is 18.3 Å². The van der Waals surface area contributed by atoms with Gasteiger partial charge in [-0.05, 0) is 49.9 Å². The van der Waals surface area contributed by atoms with E-state index in [0.717, 1.165) is 30.6 Å². The second-order valence-corrected chi connectivity index (χ2v) is 7.94. The Labute approximate surface area is 168 Å². The summed E-state index contributed by atoms with van der Waals surface area (Å²) >= 11 is 0. The standard InChI is InChI=1S/C21H25FN6O/c22-14-5-2-6-15(9-14)25-20-10-19(26-17-12-23-8-7-18(17)29)27-21-16(11-24-28(20)21)13-3-1-4-13/h2,5-6,9-11,13,17-18,23,25,29H,1,3-4,7-8,12H2,(H,26,27)/t17-,18-/m0/s1. The molecule has 2 aliphatic rings. The molecule has 2 aromatic heterocycles. The molecule has 1 saturated heterocycles. The molecule has 3 aromatic rings. The molecule has 0 radical (unpaired) electrons. The number of nitrogens with zero attached hydrogens (tertiary/aromatic N) is 3. The number of hydrogen-bond acceptors (Lipinski definition) is 6. The maximum absolute atomic E-state index is 13.7. The van der Waals surface area contributed by atoms with Crippen molar-refractivity contribution in [3.63, 3.8) is 0 Å². The average molecular weight is 396 g/mol. The minimum Gasteiger partial charge on any atom is -0.391 e. The zero-order chi connectivity index (χ0) is 19.8. The van der Waals surface area contributed by atoms with E-state index in [-0.39, 0.29) is 11.9 Å². The molecule has 0 spiro atoms. The molecule has 7 nitrogen and oxygen atoms in total. The van der Waals surface area contributed by atoms with Crippen LogP contribution in [-0.2, 0) is 0 Å². The van der Waals surface area contributed by atoms with Crippen LogP contribution in [0, 0.1) is 5.82 Å². The van der Waals surface area contributed by atoms with Gasteiger partial charge in [0.25, 0.3) is 0 Å². The van der Waals surface area contributed by atoms with Crippen molar-refractivity contribution in [1.82, 2.24) is 19.9 Å². The van der Waals surface area contributed by atoms with Crippen LogP contribution in [0.3, 0.4) is 0 Å². The SMILES string of the molecule is O[C@H]1CCNC[C@@H]1Nc1cc(Nc2cccc(F)c2)n2ncc(C3CCC3)c2n1. The summed E-state index contributed by atoms with van der Waals surface area (Å²) in [4.78, 5) is 4.82. The van der Waals surface area contributed by atoms with E-state index in [1.165, 1.54) is 18.6 Å². The van der Waals surface area contributed by atoms with Crippen LogP contribution in [-0.4, -0.2) is 44.9 Å². The van der Waals surface area contributed by atoms with Gasteiger partial charge in [-0.25, -0.2) is 9.37 Å². The van der Waals surface area contributed by atoms with E-state index in [9.17, 15) is 9.50 Å². The van der Waals surface area contributed by atoms with Crippen LogP contribution in [0.4, 0.5) is 21.7 Å². The van der Waals surface area contributed by atoms with Crippen molar-refractivity contribution < 1.29 is 9.50 Å². The molecule has 2 fully saturated rings. The molecule has 2 atom stereocenters. The van der Waals surface area contributed by atoms with Gasteiger partial charge in [0.2, 0.25) is 0 Å². The van der Waals surface area contributed by atoms with Crippen molar-refractivity contribution in [3.05, 3.63) is 47.9 Å². The quantitative estimate of drug-likeness (QED) is 0.530. The summed E-state index contributed by atoms with van der Waals surface area (Å²) in [5, 5.41) is 24.8. The second-order valence-electron chi connectivity index (χ2n) is 7.94. The predicted octanol–water partition coefficient (Wildman–Crippen LogP) is 3.01. The summed E-state index contributed by atoms with van der Waals surface area (Å²) in [6.45, 7) is 1.49. The zero-order valence-electron chi connectivity index (χ0n) is 16.1. The number of anilines is 3. The lowest BCUT2D eigenvalue weighted by Gasteiger charge is -2.29. The molecule has 0 amide bonds. The Hall–Kier alpha value is -2.71. The third-order valence-corrected chi connectivity index (χ3v) is 5.92. The van der Waals surface area contributed by atoms with E-state index in [2.05, 4.69) is 21.0 Å². The van der Waals surface area contributed by atoms with Crippen molar-refractivity contribution in [2.24, 2.45) is 0 Å². The molecule has 1 aliphatic heterocycles. The van der Waals surface area contributed by atoms with E-state index >= 15 is 0 Å². The van der Waals surface area contributed by atoms with Crippen molar-refractivity contribution in [2.75, 3.05) is 23.7 Å². The van der Waals surface area contributed by atoms with Gasteiger partial charge in [-0.3, -0.25) is 0 Å². The number of aliphatic hydroxyl groups is 1. The molecule has 1 aliphatic carbocycles. The molecule has 5 rings (SSSR count). The molecule has 0 bridgehead atoms. The highest BCUT2D eigenvalue weighted by atomic mass is 19.1. The maximum Gasteiger partial charge on any atom is 0.163 e. The van der Waals surface area contributed by atoms with Crippen LogP contribution < -0.4 is 16.0 Å². The lowest BCUT2D eigenvalue weighted by atomic mass is 9.81. The molecule has 4 N–H and O–H groups in total. The van der Waals surface area contributed by atoms with E-state index < -0.39 is 6.10 Å². The fraction of sp³-hybridized carbons (Fsp3) is 0.429. The fourth-order valence-corrected chi connectivity index (χ4v) is 4.05. The van der Waals surface area contributed by atoms with Gasteiger partial charge in [-0.15, -0.1) is 0 Å². The Kier molecular flexibility index (Phi) is 4.81. The fourth-order valence-electron chi connectivity index (χ4n) is 4.05. The number of fused-ring (bicyclic) bond motifs is 1. The van der Waals surface area contributed by atoms with E-state index in [0.29, 0.717) is 36.2 Å². The number of piperidine rings is 1. The molecule has 8 heteroatoms. The molecule has 0 unspecified atom stereocenters. The second kappa shape index (κ2) is 7.61. The topological polar surface area (TPSA) is 86.5 Å². The molecular formula is C21H25FN6O. The largest absolute Gasteiger partial charge is 0.391 e. The Bertz CT molecular complexity index is 1020. The molecule has 3 heterocycles. The van der Waals surface area contributed by atoms with Gasteiger partial charge in [0.15, 0.2) is 5.65 Å². The van der Waals surface area contributed by atoms with E-state index in [1.807, 2.05) is 18.3 Å². The summed E-state index contributed by atoms with van der Waals surface area (Å²) in [6.07, 6.45) is 5.70. The lowest BCUT2D eigenvalue weighted by Crippen LogP contribution is -2.48. The summed E-state index contributed by atoms with van der Waals surface area (Å²) in [5.41, 5.74) is 2.59. The minimum atomic E-state index is -0.426. The Morgan fingerprint density at radius 1 is 1.21 bits per heavy atom. The number of hydrogen-bond donors (Lipinski definition) is 4. The number of aromatic nitrogens is 3. The lowest BCUT2D eigenvalue weighted by molar-refractivity contribution is 0.124. The van der Waals surface area contributed by atoms with Crippen molar-refractivity contribution in [1.29, 1.82) is 0 Å². The molecule has 152 valence electrons. The summed E-state index contributed by atoms with van der Waals surface area (Å²) in [6, 6.07) is 8.09. The first-order valence-corrected chi connectivity index (χ1v) is 10.2. The van der Waals surface area contributed by atoms with Crippen molar-refractivity contribution in [2.45, 2.75) is 43.7 Å². The first kappa shape index (κ1) is 18.3. The van der Waals surface area contributed by atoms with Crippen LogP contribution in [0.1, 0.15) is 37.2 Å². The Morgan fingerprint density at radius 2 is 2.10 bits per heavy atom. The highest BCUT2D eigenvalue weighted by Crippen LogP contribution is 2.38. The van der Waals surface area contributed by atoms with Crippen LogP contribution >= 0.6 is 0 Å². The highest BCUT2D eigenvalue weighted by Gasteiger charge is 2.26. The summed E-state index contributed by atoms with van der Waals surface area (Å²) in [5.74, 6) is 1.56. The van der Waals surface area contributed by atoms with Gasteiger partial charge in [-0.1, -0.05) is 12.5 Å². The maximum atomic E-state index is 13.7. The zero-order valence-corrected chi connectivity index (χ0v) is 16.1. The molecular weight excluding hydrogens is 371 g/mol.